The lowest BCUT2D eigenvalue weighted by Gasteiger charge is -2.10. The molecule has 6 heteroatoms. The van der Waals surface area contributed by atoms with Gasteiger partial charge in [-0.2, -0.15) is 0 Å². The number of rotatable bonds is 11. The van der Waals surface area contributed by atoms with Crippen LogP contribution in [-0.2, 0) is 12.8 Å². The van der Waals surface area contributed by atoms with Crippen molar-refractivity contribution in [2.75, 3.05) is 34.4 Å². The van der Waals surface area contributed by atoms with Crippen molar-refractivity contribution in [1.29, 1.82) is 0 Å². The van der Waals surface area contributed by atoms with Gasteiger partial charge in [-0.25, -0.2) is 0 Å². The molecule has 0 fully saturated rings. The van der Waals surface area contributed by atoms with Crippen LogP contribution in [0.1, 0.15) is 24.0 Å². The Hall–Kier alpha value is -2.89. The summed E-state index contributed by atoms with van der Waals surface area (Å²) in [6, 6.07) is 14.1. The summed E-state index contributed by atoms with van der Waals surface area (Å²) in [6.07, 6.45) is 3.94. The third-order valence-electron chi connectivity index (χ3n) is 4.48. The van der Waals surface area contributed by atoms with E-state index in [-0.39, 0.29) is 0 Å². The summed E-state index contributed by atoms with van der Waals surface area (Å²) in [6.45, 7) is 1.45. The molecule has 0 aliphatic carbocycles. The second kappa shape index (κ2) is 11.7. The standard InChI is InChI=1S/C22H31N3O3/c1-26-19-10-7-17(8-11-19)6-4-5-14-24-22(23)25-15-13-18-9-12-20(27-2)21(16-18)28-3/h7-12,16H,4-6,13-15H2,1-3H3,(H3,23,24,25). The van der Waals surface area contributed by atoms with Crippen LogP contribution in [0.3, 0.4) is 0 Å². The van der Waals surface area contributed by atoms with E-state index in [1.54, 1.807) is 21.3 Å². The summed E-state index contributed by atoms with van der Waals surface area (Å²) in [5.74, 6) is 2.85. The second-order valence-electron chi connectivity index (χ2n) is 6.44. The van der Waals surface area contributed by atoms with Crippen LogP contribution in [0.25, 0.3) is 0 Å². The molecule has 0 atom stereocenters. The number of nitrogens with two attached hydrogens (primary N) is 1. The van der Waals surface area contributed by atoms with Gasteiger partial charge in [-0.15, -0.1) is 0 Å². The average molecular weight is 386 g/mol. The molecule has 0 saturated heterocycles. The lowest BCUT2D eigenvalue weighted by atomic mass is 10.1. The number of guanidine groups is 1. The Morgan fingerprint density at radius 1 is 0.857 bits per heavy atom. The highest BCUT2D eigenvalue weighted by molar-refractivity contribution is 5.77. The zero-order valence-electron chi connectivity index (χ0n) is 17.0. The first-order chi connectivity index (χ1) is 13.7. The summed E-state index contributed by atoms with van der Waals surface area (Å²) in [5, 5.41) is 3.16. The molecule has 2 rings (SSSR count). The van der Waals surface area contributed by atoms with Crippen molar-refractivity contribution in [3.8, 4) is 17.2 Å². The maximum Gasteiger partial charge on any atom is 0.188 e. The van der Waals surface area contributed by atoms with E-state index in [1.165, 1.54) is 5.56 Å². The molecule has 0 radical (unpaired) electrons. The number of unbranched alkanes of at least 4 members (excludes halogenated alkanes) is 1. The number of methoxy groups -OCH3 is 3. The molecule has 0 amide bonds. The molecule has 0 aliphatic heterocycles. The Balaban J connectivity index is 1.64. The fourth-order valence-electron chi connectivity index (χ4n) is 2.86. The minimum atomic E-state index is 0.491. The van der Waals surface area contributed by atoms with Gasteiger partial charge >= 0.3 is 0 Å². The van der Waals surface area contributed by atoms with E-state index >= 15 is 0 Å². The van der Waals surface area contributed by atoms with Gasteiger partial charge in [-0.1, -0.05) is 18.2 Å². The molecule has 0 aromatic heterocycles. The highest BCUT2D eigenvalue weighted by Crippen LogP contribution is 2.27. The first-order valence-corrected chi connectivity index (χ1v) is 9.54. The van der Waals surface area contributed by atoms with Crippen molar-refractivity contribution in [3.05, 3.63) is 53.6 Å². The van der Waals surface area contributed by atoms with Crippen molar-refractivity contribution in [2.24, 2.45) is 10.7 Å². The van der Waals surface area contributed by atoms with E-state index in [1.807, 2.05) is 30.3 Å². The minimum absolute atomic E-state index is 0.491. The molecule has 0 spiro atoms. The smallest absolute Gasteiger partial charge is 0.188 e. The molecule has 0 aliphatic rings. The lowest BCUT2D eigenvalue weighted by molar-refractivity contribution is 0.354. The Labute approximate surface area is 167 Å². The first kappa shape index (κ1) is 21.4. The lowest BCUT2D eigenvalue weighted by Crippen LogP contribution is -2.33. The molecule has 0 unspecified atom stereocenters. The molecular formula is C22H31N3O3. The van der Waals surface area contributed by atoms with E-state index in [0.29, 0.717) is 5.96 Å². The fourth-order valence-corrected chi connectivity index (χ4v) is 2.86. The van der Waals surface area contributed by atoms with E-state index < -0.39 is 0 Å². The molecule has 0 heterocycles. The van der Waals surface area contributed by atoms with E-state index in [0.717, 1.165) is 61.6 Å². The first-order valence-electron chi connectivity index (χ1n) is 9.54. The Morgan fingerprint density at radius 2 is 1.57 bits per heavy atom. The van der Waals surface area contributed by atoms with Gasteiger partial charge in [-0.3, -0.25) is 4.99 Å². The minimum Gasteiger partial charge on any atom is -0.497 e. The quantitative estimate of drug-likeness (QED) is 0.353. The molecule has 0 saturated carbocycles. The number of hydrogen-bond donors (Lipinski definition) is 2. The zero-order chi connectivity index (χ0) is 20.2. The van der Waals surface area contributed by atoms with Crippen molar-refractivity contribution < 1.29 is 14.2 Å². The number of aliphatic imine (C=N–C) groups is 1. The van der Waals surface area contributed by atoms with Gasteiger partial charge in [0.15, 0.2) is 17.5 Å². The second-order valence-corrected chi connectivity index (χ2v) is 6.44. The van der Waals surface area contributed by atoms with Crippen LogP contribution in [0.5, 0.6) is 17.2 Å². The van der Waals surface area contributed by atoms with Gasteiger partial charge < -0.3 is 25.3 Å². The van der Waals surface area contributed by atoms with E-state index in [9.17, 15) is 0 Å². The van der Waals surface area contributed by atoms with Gasteiger partial charge in [0, 0.05) is 13.1 Å². The number of nitrogens with zero attached hydrogens (tertiary/aromatic N) is 1. The highest BCUT2D eigenvalue weighted by atomic mass is 16.5. The fraction of sp³-hybridized carbons (Fsp3) is 0.409. The summed E-state index contributed by atoms with van der Waals surface area (Å²) < 4.78 is 15.7. The van der Waals surface area contributed by atoms with Crippen molar-refractivity contribution in [3.63, 3.8) is 0 Å². The third kappa shape index (κ3) is 7.02. The van der Waals surface area contributed by atoms with E-state index in [2.05, 4.69) is 22.4 Å². The number of hydrogen-bond acceptors (Lipinski definition) is 4. The maximum absolute atomic E-state index is 5.95. The highest BCUT2D eigenvalue weighted by Gasteiger charge is 2.04. The van der Waals surface area contributed by atoms with Gasteiger partial charge in [-0.05, 0) is 61.1 Å². The molecule has 2 aromatic carbocycles. The predicted octanol–water partition coefficient (Wildman–Crippen LogP) is 3.18. The van der Waals surface area contributed by atoms with Crippen molar-refractivity contribution >= 4 is 5.96 Å². The van der Waals surface area contributed by atoms with E-state index in [4.69, 9.17) is 19.9 Å². The predicted molar refractivity (Wildman–Crippen MR) is 114 cm³/mol. The molecule has 2 aromatic rings. The van der Waals surface area contributed by atoms with Gasteiger partial charge in [0.1, 0.15) is 5.75 Å². The van der Waals surface area contributed by atoms with Crippen molar-refractivity contribution in [1.82, 2.24) is 5.32 Å². The normalized spacial score (nSPS) is 11.2. The molecule has 28 heavy (non-hydrogen) atoms. The maximum atomic E-state index is 5.95. The number of nitrogens with one attached hydrogen (secondary N) is 1. The number of ether oxygens (including phenoxy) is 3. The Kier molecular flexibility index (Phi) is 8.98. The molecule has 0 bridgehead atoms. The topological polar surface area (TPSA) is 78.1 Å². The Bertz CT molecular complexity index is 745. The summed E-state index contributed by atoms with van der Waals surface area (Å²) >= 11 is 0. The van der Waals surface area contributed by atoms with Crippen LogP contribution in [0, 0.1) is 0 Å². The SMILES string of the molecule is COc1ccc(CCCCN=C(N)NCCc2ccc(OC)c(OC)c2)cc1. The zero-order valence-corrected chi connectivity index (χ0v) is 17.0. The largest absolute Gasteiger partial charge is 0.497 e. The van der Waals surface area contributed by atoms with Crippen LogP contribution in [0.15, 0.2) is 47.5 Å². The van der Waals surface area contributed by atoms with Crippen LogP contribution in [-0.4, -0.2) is 40.4 Å². The van der Waals surface area contributed by atoms with Gasteiger partial charge in [0.05, 0.1) is 21.3 Å². The summed E-state index contributed by atoms with van der Waals surface area (Å²) in [4.78, 5) is 4.39. The number of aryl methyl sites for hydroxylation is 1. The molecule has 6 nitrogen and oxygen atoms in total. The molecular weight excluding hydrogens is 354 g/mol. The summed E-state index contributed by atoms with van der Waals surface area (Å²) in [7, 11) is 4.95. The summed E-state index contributed by atoms with van der Waals surface area (Å²) in [5.41, 5.74) is 8.41. The van der Waals surface area contributed by atoms with Gasteiger partial charge in [0.25, 0.3) is 0 Å². The van der Waals surface area contributed by atoms with Crippen LogP contribution >= 0.6 is 0 Å². The van der Waals surface area contributed by atoms with Crippen LogP contribution < -0.4 is 25.3 Å². The third-order valence-corrected chi connectivity index (χ3v) is 4.48. The Morgan fingerprint density at radius 3 is 2.25 bits per heavy atom. The van der Waals surface area contributed by atoms with Crippen LogP contribution in [0.4, 0.5) is 0 Å². The molecule has 152 valence electrons. The van der Waals surface area contributed by atoms with Crippen LogP contribution in [0.2, 0.25) is 0 Å². The molecule has 3 N–H and O–H groups in total. The number of benzene rings is 2. The van der Waals surface area contributed by atoms with Crippen molar-refractivity contribution in [2.45, 2.75) is 25.7 Å². The van der Waals surface area contributed by atoms with Gasteiger partial charge in [0.2, 0.25) is 0 Å². The monoisotopic (exact) mass is 385 g/mol. The average Bonchev–Trinajstić information content (AvgIpc) is 2.73.